The van der Waals surface area contributed by atoms with Crippen molar-refractivity contribution in [2.75, 3.05) is 44.7 Å². The number of nitrogens with zero attached hydrogens (tertiary/aromatic N) is 4. The fourth-order valence-corrected chi connectivity index (χ4v) is 2.98. The summed E-state index contributed by atoms with van der Waals surface area (Å²) in [5.41, 5.74) is 5.73. The van der Waals surface area contributed by atoms with E-state index < -0.39 is 0 Å². The predicted molar refractivity (Wildman–Crippen MR) is 84.7 cm³/mol. The fraction of sp³-hybridized carbons (Fsp3) is 0.733. The highest BCUT2D eigenvalue weighted by atomic mass is 16.5. The van der Waals surface area contributed by atoms with Crippen LogP contribution in [-0.2, 0) is 0 Å². The SMILES string of the molecule is CCC(CCN)N1CCCN(c2cc(OC)ncn2)CC1. The van der Waals surface area contributed by atoms with E-state index in [1.54, 1.807) is 13.4 Å². The lowest BCUT2D eigenvalue weighted by Gasteiger charge is -2.29. The molecule has 1 aromatic heterocycles. The molecule has 0 spiro atoms. The first-order valence-corrected chi connectivity index (χ1v) is 7.83. The van der Waals surface area contributed by atoms with Crippen LogP contribution < -0.4 is 15.4 Å². The van der Waals surface area contributed by atoms with Crippen molar-refractivity contribution in [3.05, 3.63) is 12.4 Å². The molecule has 1 aromatic rings. The van der Waals surface area contributed by atoms with E-state index in [9.17, 15) is 0 Å². The highest BCUT2D eigenvalue weighted by Crippen LogP contribution is 2.19. The van der Waals surface area contributed by atoms with E-state index in [-0.39, 0.29) is 0 Å². The summed E-state index contributed by atoms with van der Waals surface area (Å²) in [5.74, 6) is 1.58. The molecule has 0 radical (unpaired) electrons. The highest BCUT2D eigenvalue weighted by Gasteiger charge is 2.21. The van der Waals surface area contributed by atoms with Crippen LogP contribution in [0.2, 0.25) is 0 Å². The molecule has 1 atom stereocenters. The monoisotopic (exact) mass is 293 g/mol. The Morgan fingerprint density at radius 1 is 1.29 bits per heavy atom. The lowest BCUT2D eigenvalue weighted by atomic mass is 10.1. The molecule has 0 aliphatic carbocycles. The second-order valence-corrected chi connectivity index (χ2v) is 5.43. The van der Waals surface area contributed by atoms with Crippen LogP contribution >= 0.6 is 0 Å². The smallest absolute Gasteiger partial charge is 0.218 e. The average molecular weight is 293 g/mol. The van der Waals surface area contributed by atoms with Crippen molar-refractivity contribution >= 4 is 5.82 Å². The molecule has 2 rings (SSSR count). The first-order chi connectivity index (χ1) is 10.3. The summed E-state index contributed by atoms with van der Waals surface area (Å²) in [6, 6.07) is 2.52. The van der Waals surface area contributed by atoms with Crippen molar-refractivity contribution < 1.29 is 4.74 Å². The Labute approximate surface area is 127 Å². The third-order valence-corrected chi connectivity index (χ3v) is 4.18. The van der Waals surface area contributed by atoms with Crippen molar-refractivity contribution in [2.24, 2.45) is 5.73 Å². The summed E-state index contributed by atoms with van der Waals surface area (Å²) in [6.07, 6.45) is 4.96. The van der Waals surface area contributed by atoms with Gasteiger partial charge in [0.15, 0.2) is 0 Å². The minimum atomic E-state index is 0.606. The second kappa shape index (κ2) is 8.14. The third-order valence-electron chi connectivity index (χ3n) is 4.18. The minimum Gasteiger partial charge on any atom is -0.481 e. The molecule has 0 amide bonds. The van der Waals surface area contributed by atoms with E-state index in [1.807, 2.05) is 6.07 Å². The molecular formula is C15H27N5O. The van der Waals surface area contributed by atoms with E-state index in [4.69, 9.17) is 10.5 Å². The quantitative estimate of drug-likeness (QED) is 0.848. The van der Waals surface area contributed by atoms with Crippen molar-refractivity contribution in [3.63, 3.8) is 0 Å². The standard InChI is InChI=1S/C15H27N5O/c1-3-13(5-6-16)19-7-4-8-20(10-9-19)14-11-15(21-2)18-12-17-14/h11-13H,3-10,16H2,1-2H3. The van der Waals surface area contributed by atoms with Gasteiger partial charge in [0, 0.05) is 38.3 Å². The van der Waals surface area contributed by atoms with E-state index in [1.165, 1.54) is 6.42 Å². The van der Waals surface area contributed by atoms with Gasteiger partial charge in [0.1, 0.15) is 12.1 Å². The molecule has 21 heavy (non-hydrogen) atoms. The van der Waals surface area contributed by atoms with Gasteiger partial charge in [0.05, 0.1) is 7.11 Å². The molecule has 1 aliphatic rings. The van der Waals surface area contributed by atoms with Crippen LogP contribution in [0.3, 0.4) is 0 Å². The molecule has 6 nitrogen and oxygen atoms in total. The van der Waals surface area contributed by atoms with Crippen LogP contribution in [0.1, 0.15) is 26.2 Å². The average Bonchev–Trinajstić information content (AvgIpc) is 2.78. The normalized spacial score (nSPS) is 18.3. The number of hydrogen-bond acceptors (Lipinski definition) is 6. The molecular weight excluding hydrogens is 266 g/mol. The van der Waals surface area contributed by atoms with Crippen molar-refractivity contribution in [2.45, 2.75) is 32.2 Å². The van der Waals surface area contributed by atoms with Gasteiger partial charge in [-0.3, -0.25) is 4.90 Å². The summed E-state index contributed by atoms with van der Waals surface area (Å²) < 4.78 is 5.18. The molecule has 0 aromatic carbocycles. The molecule has 1 saturated heterocycles. The highest BCUT2D eigenvalue weighted by molar-refractivity contribution is 5.40. The van der Waals surface area contributed by atoms with Crippen LogP contribution in [0.15, 0.2) is 12.4 Å². The van der Waals surface area contributed by atoms with E-state index in [0.717, 1.165) is 51.4 Å². The first kappa shape index (κ1) is 16.0. The molecule has 1 aliphatic heterocycles. The summed E-state index contributed by atoms with van der Waals surface area (Å²) in [5, 5.41) is 0. The van der Waals surface area contributed by atoms with Crippen molar-refractivity contribution in [1.29, 1.82) is 0 Å². The lowest BCUT2D eigenvalue weighted by molar-refractivity contribution is 0.196. The summed E-state index contributed by atoms with van der Waals surface area (Å²) in [6.45, 7) is 7.22. The number of ether oxygens (including phenoxy) is 1. The van der Waals surface area contributed by atoms with Gasteiger partial charge >= 0.3 is 0 Å². The zero-order chi connectivity index (χ0) is 15.1. The molecule has 118 valence electrons. The Balaban J connectivity index is 1.99. The Hall–Kier alpha value is -1.40. The van der Waals surface area contributed by atoms with Gasteiger partial charge in [0.25, 0.3) is 0 Å². The van der Waals surface area contributed by atoms with E-state index in [0.29, 0.717) is 11.9 Å². The van der Waals surface area contributed by atoms with E-state index in [2.05, 4.69) is 26.7 Å². The van der Waals surface area contributed by atoms with Gasteiger partial charge in [-0.25, -0.2) is 9.97 Å². The van der Waals surface area contributed by atoms with Gasteiger partial charge in [-0.2, -0.15) is 0 Å². The number of methoxy groups -OCH3 is 1. The van der Waals surface area contributed by atoms with Crippen LogP contribution in [0.4, 0.5) is 5.82 Å². The van der Waals surface area contributed by atoms with Gasteiger partial charge in [-0.1, -0.05) is 6.92 Å². The molecule has 2 N–H and O–H groups in total. The largest absolute Gasteiger partial charge is 0.481 e. The molecule has 6 heteroatoms. The maximum Gasteiger partial charge on any atom is 0.218 e. The summed E-state index contributed by atoms with van der Waals surface area (Å²) >= 11 is 0. The second-order valence-electron chi connectivity index (χ2n) is 5.43. The van der Waals surface area contributed by atoms with Crippen molar-refractivity contribution in [1.82, 2.24) is 14.9 Å². The third kappa shape index (κ3) is 4.28. The van der Waals surface area contributed by atoms with Gasteiger partial charge in [-0.15, -0.1) is 0 Å². The fourth-order valence-electron chi connectivity index (χ4n) is 2.98. The van der Waals surface area contributed by atoms with Crippen LogP contribution in [-0.4, -0.2) is 60.7 Å². The minimum absolute atomic E-state index is 0.606. The lowest BCUT2D eigenvalue weighted by Crippen LogP contribution is -2.39. The number of nitrogens with two attached hydrogens (primary N) is 1. The van der Waals surface area contributed by atoms with Crippen LogP contribution in [0.25, 0.3) is 0 Å². The molecule has 0 saturated carbocycles. The van der Waals surface area contributed by atoms with Crippen LogP contribution in [0.5, 0.6) is 5.88 Å². The van der Waals surface area contributed by atoms with Crippen LogP contribution in [0, 0.1) is 0 Å². The molecule has 0 bridgehead atoms. The first-order valence-electron chi connectivity index (χ1n) is 7.83. The van der Waals surface area contributed by atoms with Gasteiger partial charge in [0.2, 0.25) is 5.88 Å². The predicted octanol–water partition coefficient (Wildman–Crippen LogP) is 1.12. The Morgan fingerprint density at radius 2 is 2.14 bits per heavy atom. The maximum absolute atomic E-state index is 5.73. The van der Waals surface area contributed by atoms with Gasteiger partial charge in [-0.05, 0) is 25.8 Å². The zero-order valence-corrected chi connectivity index (χ0v) is 13.2. The topological polar surface area (TPSA) is 67.5 Å². The zero-order valence-electron chi connectivity index (χ0n) is 13.2. The van der Waals surface area contributed by atoms with Gasteiger partial charge < -0.3 is 15.4 Å². The van der Waals surface area contributed by atoms with E-state index >= 15 is 0 Å². The molecule has 1 fully saturated rings. The summed E-state index contributed by atoms with van der Waals surface area (Å²) in [7, 11) is 1.63. The molecule has 1 unspecified atom stereocenters. The number of hydrogen-bond donors (Lipinski definition) is 1. The number of aromatic nitrogens is 2. The summed E-state index contributed by atoms with van der Waals surface area (Å²) in [4.78, 5) is 13.3. The Kier molecular flexibility index (Phi) is 6.20. The Morgan fingerprint density at radius 3 is 2.86 bits per heavy atom. The number of anilines is 1. The maximum atomic E-state index is 5.73. The Bertz CT molecular complexity index is 428. The molecule has 2 heterocycles. The van der Waals surface area contributed by atoms with Crippen molar-refractivity contribution in [3.8, 4) is 5.88 Å². The number of rotatable bonds is 6.